The number of ether oxygens (including phenoxy) is 2. The van der Waals surface area contributed by atoms with Gasteiger partial charge >= 0.3 is 5.97 Å². The highest BCUT2D eigenvalue weighted by Crippen LogP contribution is 2.45. The zero-order valence-corrected chi connectivity index (χ0v) is 25.5. The van der Waals surface area contributed by atoms with E-state index in [0.717, 1.165) is 59.3 Å². The second-order valence-corrected chi connectivity index (χ2v) is 13.6. The van der Waals surface area contributed by atoms with Gasteiger partial charge < -0.3 is 19.7 Å². The first-order valence-electron chi connectivity index (χ1n) is 14.6. The number of carboxylic acids is 1. The Bertz CT molecular complexity index is 1610. The van der Waals surface area contributed by atoms with E-state index in [1.54, 1.807) is 28.6 Å². The van der Waals surface area contributed by atoms with Crippen molar-refractivity contribution in [3.8, 4) is 28.4 Å². The minimum absolute atomic E-state index is 0.0211. The van der Waals surface area contributed by atoms with E-state index >= 15 is 0 Å². The lowest BCUT2D eigenvalue weighted by atomic mass is 9.90. The van der Waals surface area contributed by atoms with E-state index < -0.39 is 22.1 Å². The Labute approximate surface area is 252 Å². The molecule has 1 aliphatic carbocycles. The highest BCUT2D eigenvalue weighted by Gasteiger charge is 2.32. The molecule has 0 saturated carbocycles. The van der Waals surface area contributed by atoms with Crippen molar-refractivity contribution in [1.82, 2.24) is 4.31 Å². The molecule has 0 unspecified atom stereocenters. The van der Waals surface area contributed by atoms with Crippen LogP contribution in [0.2, 0.25) is 0 Å². The van der Waals surface area contributed by atoms with Crippen LogP contribution in [0.3, 0.4) is 0 Å². The van der Waals surface area contributed by atoms with Crippen molar-refractivity contribution in [2.24, 2.45) is 0 Å². The summed E-state index contributed by atoms with van der Waals surface area (Å²) in [5, 5.41) is 19.0. The molecule has 3 aromatic rings. The number of rotatable bonds is 6. The van der Waals surface area contributed by atoms with Gasteiger partial charge in [-0.3, -0.25) is 4.79 Å². The maximum atomic E-state index is 15.0. The highest BCUT2D eigenvalue weighted by molar-refractivity contribution is 7.88. The van der Waals surface area contributed by atoms with E-state index in [4.69, 9.17) is 14.6 Å². The number of phenolic OH excluding ortho intramolecular Hbond substituents is 1. The molecule has 1 saturated heterocycles. The van der Waals surface area contributed by atoms with E-state index in [1.807, 2.05) is 26.0 Å². The van der Waals surface area contributed by atoms with Crippen LogP contribution in [-0.2, 0) is 21.2 Å². The first-order chi connectivity index (χ1) is 20.4. The van der Waals surface area contributed by atoms with Crippen molar-refractivity contribution in [2.45, 2.75) is 64.4 Å². The number of aliphatic carboxylic acids is 1. The van der Waals surface area contributed by atoms with Gasteiger partial charge in [0, 0.05) is 36.2 Å². The summed E-state index contributed by atoms with van der Waals surface area (Å²) in [5.74, 6) is 0.105. The van der Waals surface area contributed by atoms with Crippen molar-refractivity contribution < 1.29 is 37.3 Å². The molecular formula is C33H38FNO7S. The molecule has 8 nitrogen and oxygen atoms in total. The first-order valence-corrected chi connectivity index (χ1v) is 16.5. The van der Waals surface area contributed by atoms with Gasteiger partial charge in [0.2, 0.25) is 10.0 Å². The monoisotopic (exact) mass is 611 g/mol. The van der Waals surface area contributed by atoms with Crippen LogP contribution in [0.5, 0.6) is 17.2 Å². The van der Waals surface area contributed by atoms with Crippen molar-refractivity contribution in [2.75, 3.05) is 26.0 Å². The fraction of sp³-hybridized carbons (Fsp3) is 0.424. The number of halogens is 1. The molecule has 0 amide bonds. The van der Waals surface area contributed by atoms with E-state index in [-0.39, 0.29) is 23.9 Å². The third-order valence-electron chi connectivity index (χ3n) is 8.42. The Kier molecular flexibility index (Phi) is 8.99. The molecule has 2 atom stereocenters. The van der Waals surface area contributed by atoms with Crippen LogP contribution in [0.1, 0.15) is 71.9 Å². The number of benzene rings is 3. The number of fused-ring (bicyclic) bond motifs is 2. The Morgan fingerprint density at radius 3 is 2.40 bits per heavy atom. The molecular weight excluding hydrogens is 573 g/mol. The van der Waals surface area contributed by atoms with E-state index in [0.29, 0.717) is 36.5 Å². The van der Waals surface area contributed by atoms with Gasteiger partial charge in [0.05, 0.1) is 19.3 Å². The van der Waals surface area contributed by atoms with Crippen LogP contribution in [0.4, 0.5) is 4.39 Å². The van der Waals surface area contributed by atoms with Crippen LogP contribution >= 0.6 is 0 Å². The van der Waals surface area contributed by atoms with Gasteiger partial charge in [-0.1, -0.05) is 18.6 Å². The molecule has 0 bridgehead atoms. The van der Waals surface area contributed by atoms with Gasteiger partial charge in [-0.15, -0.1) is 0 Å². The number of aromatic hydroxyl groups is 1. The van der Waals surface area contributed by atoms with Gasteiger partial charge in [0.1, 0.15) is 29.2 Å². The highest BCUT2D eigenvalue weighted by atomic mass is 32.2. The van der Waals surface area contributed by atoms with E-state index in [1.165, 1.54) is 18.7 Å². The summed E-state index contributed by atoms with van der Waals surface area (Å²) in [6.45, 7) is 5.67. The first kappa shape index (κ1) is 30.8. The molecule has 1 fully saturated rings. The zero-order valence-electron chi connectivity index (χ0n) is 24.7. The lowest BCUT2D eigenvalue weighted by Crippen LogP contribution is -2.34. The number of nitrogens with zero attached hydrogens (tertiary/aromatic N) is 1. The van der Waals surface area contributed by atoms with Crippen LogP contribution in [0, 0.1) is 19.7 Å². The molecule has 3 aliphatic rings. The molecule has 0 radical (unpaired) electrons. The fourth-order valence-corrected chi connectivity index (χ4v) is 7.38. The van der Waals surface area contributed by atoms with Crippen LogP contribution < -0.4 is 9.47 Å². The van der Waals surface area contributed by atoms with Crippen molar-refractivity contribution in [1.29, 1.82) is 0 Å². The Morgan fingerprint density at radius 2 is 1.77 bits per heavy atom. The van der Waals surface area contributed by atoms with Gasteiger partial charge in [0.15, 0.2) is 0 Å². The molecule has 43 heavy (non-hydrogen) atoms. The van der Waals surface area contributed by atoms with Gasteiger partial charge in [-0.05, 0) is 91.6 Å². The number of phenols is 1. The lowest BCUT2D eigenvalue weighted by Gasteiger charge is -2.23. The molecule has 3 aromatic carbocycles. The standard InChI is InChI=1S/C27H25FO5.C6H13NO2S/c1-14-9-17(29)10-15(2)26(14)20-5-7-22(28)27-21(20)6-8-23(27)33-18-3-4-19-16(11-25(30)31)13-32-24(19)12-18;1-10(8,9)7-5-3-2-4-6-7/h3-5,7,9-10,12,16,23,29H,6,8,11,13H2,1-2H3,(H,30,31);2-6H2,1H3/t16-,23-;/m1./s1. The number of hydrogen-bond donors (Lipinski definition) is 2. The van der Waals surface area contributed by atoms with Crippen molar-refractivity contribution in [3.63, 3.8) is 0 Å². The minimum Gasteiger partial charge on any atom is -0.508 e. The summed E-state index contributed by atoms with van der Waals surface area (Å²) >= 11 is 0. The third-order valence-corrected chi connectivity index (χ3v) is 9.72. The minimum atomic E-state index is -2.89. The molecule has 6 rings (SSSR count). The lowest BCUT2D eigenvalue weighted by molar-refractivity contribution is -0.137. The summed E-state index contributed by atoms with van der Waals surface area (Å²) in [4.78, 5) is 11.1. The van der Waals surface area contributed by atoms with Crippen LogP contribution in [0.15, 0.2) is 42.5 Å². The van der Waals surface area contributed by atoms with Gasteiger partial charge in [-0.25, -0.2) is 17.1 Å². The smallest absolute Gasteiger partial charge is 0.304 e. The number of hydrogen-bond acceptors (Lipinski definition) is 6. The van der Waals surface area contributed by atoms with Gasteiger partial charge in [-0.2, -0.15) is 0 Å². The quantitative estimate of drug-likeness (QED) is 0.338. The maximum absolute atomic E-state index is 15.0. The number of carbonyl (C=O) groups is 1. The third kappa shape index (κ3) is 6.80. The summed E-state index contributed by atoms with van der Waals surface area (Å²) < 4.78 is 50.3. The summed E-state index contributed by atoms with van der Waals surface area (Å²) in [6.07, 6.45) is 5.43. The molecule has 10 heteroatoms. The predicted octanol–water partition coefficient (Wildman–Crippen LogP) is 6.26. The number of carboxylic acid groups (broad SMARTS) is 1. The van der Waals surface area contributed by atoms with Crippen molar-refractivity contribution >= 4 is 16.0 Å². The summed E-state index contributed by atoms with van der Waals surface area (Å²) in [6, 6.07) is 12.2. The number of sulfonamides is 1. The fourth-order valence-electron chi connectivity index (χ4n) is 6.46. The normalized spacial score (nSPS) is 19.5. The Balaban J connectivity index is 0.000000314. The average Bonchev–Trinajstić information content (AvgIpc) is 3.54. The summed E-state index contributed by atoms with van der Waals surface area (Å²) in [5.41, 5.74) is 6.25. The molecule has 2 heterocycles. The summed E-state index contributed by atoms with van der Waals surface area (Å²) in [7, 11) is -2.89. The van der Waals surface area contributed by atoms with Crippen LogP contribution in [-0.4, -0.2) is 54.9 Å². The Hall–Kier alpha value is -3.63. The topological polar surface area (TPSA) is 113 Å². The molecule has 2 aliphatic heterocycles. The molecule has 0 spiro atoms. The van der Waals surface area contributed by atoms with Crippen LogP contribution in [0.25, 0.3) is 11.1 Å². The van der Waals surface area contributed by atoms with Crippen molar-refractivity contribution in [3.05, 3.63) is 76.1 Å². The predicted molar refractivity (Wildman–Crippen MR) is 162 cm³/mol. The largest absolute Gasteiger partial charge is 0.508 e. The number of piperidine rings is 1. The molecule has 230 valence electrons. The molecule has 2 N–H and O–H groups in total. The average molecular weight is 612 g/mol. The number of aryl methyl sites for hydroxylation is 2. The van der Waals surface area contributed by atoms with E-state index in [9.17, 15) is 22.7 Å². The second kappa shape index (κ2) is 12.5. The van der Waals surface area contributed by atoms with Gasteiger partial charge in [0.25, 0.3) is 0 Å². The maximum Gasteiger partial charge on any atom is 0.304 e. The SMILES string of the molecule is CS(=O)(=O)N1CCCCC1.Cc1cc(O)cc(C)c1-c1ccc(F)c2c1CC[C@H]2Oc1ccc2c(c1)OC[C@H]2CC(=O)O. The molecule has 0 aromatic heterocycles. The van der Waals surface area contributed by atoms with E-state index in [2.05, 4.69) is 0 Å². The second-order valence-electron chi connectivity index (χ2n) is 11.6. The zero-order chi connectivity index (χ0) is 30.9. The Morgan fingerprint density at radius 1 is 1.07 bits per heavy atom.